The number of unbranched alkanes of at least 4 members (excludes halogenated alkanes) is 2. The van der Waals surface area contributed by atoms with Gasteiger partial charge in [0.15, 0.2) is 0 Å². The van der Waals surface area contributed by atoms with Gasteiger partial charge in [0, 0.05) is 18.9 Å². The molecule has 1 saturated heterocycles. The molecule has 1 aliphatic heterocycles. The average molecular weight is 300 g/mol. The molecule has 21 heavy (non-hydrogen) atoms. The smallest absolute Gasteiger partial charge is 0.330 e. The first-order valence-electron chi connectivity index (χ1n) is 7.77. The second-order valence-electron chi connectivity index (χ2n) is 5.74. The summed E-state index contributed by atoms with van der Waals surface area (Å²) in [6, 6.07) is 0. The monoisotopic (exact) mass is 300 g/mol. The normalized spacial score (nSPS) is 25.1. The van der Waals surface area contributed by atoms with Crippen molar-refractivity contribution in [1.29, 1.82) is 0 Å². The molecule has 0 bridgehead atoms. The van der Waals surface area contributed by atoms with Crippen LogP contribution < -0.4 is 0 Å². The number of rotatable bonds is 8. The molecule has 1 unspecified atom stereocenters. The molecular formula is C16H28O5. The van der Waals surface area contributed by atoms with Crippen molar-refractivity contribution in [1.82, 2.24) is 0 Å². The van der Waals surface area contributed by atoms with E-state index in [0.29, 0.717) is 6.61 Å². The molecule has 1 heterocycles. The first-order chi connectivity index (χ1) is 9.99. The summed E-state index contributed by atoms with van der Waals surface area (Å²) < 4.78 is 10.6. The van der Waals surface area contributed by atoms with Gasteiger partial charge in [-0.15, -0.1) is 0 Å². The van der Waals surface area contributed by atoms with Crippen LogP contribution in [0.15, 0.2) is 12.2 Å². The van der Waals surface area contributed by atoms with E-state index >= 15 is 0 Å². The highest BCUT2D eigenvalue weighted by molar-refractivity contribution is 5.81. The van der Waals surface area contributed by atoms with E-state index < -0.39 is 17.4 Å². The maximum absolute atomic E-state index is 11.2. The van der Waals surface area contributed by atoms with Crippen LogP contribution in [-0.2, 0) is 24.0 Å². The largest absolute Gasteiger partial charge is 0.466 e. The predicted molar refractivity (Wildman–Crippen MR) is 79.5 cm³/mol. The van der Waals surface area contributed by atoms with E-state index in [-0.39, 0.29) is 0 Å². The van der Waals surface area contributed by atoms with Crippen LogP contribution in [-0.4, -0.2) is 31.1 Å². The highest BCUT2D eigenvalue weighted by Gasteiger charge is 2.42. The topological polar surface area (TPSA) is 54.0 Å². The fourth-order valence-electron chi connectivity index (χ4n) is 2.13. The molecular weight excluding hydrogens is 272 g/mol. The van der Waals surface area contributed by atoms with Gasteiger partial charge in [-0.3, -0.25) is 0 Å². The summed E-state index contributed by atoms with van der Waals surface area (Å²) in [7, 11) is 1.34. The SMILES string of the molecule is CCCCC1(CCCC)OCC(C)(/C=C/C(=O)OC)OO1. The van der Waals surface area contributed by atoms with Crippen LogP contribution in [0.1, 0.15) is 59.3 Å². The Morgan fingerprint density at radius 3 is 2.24 bits per heavy atom. The van der Waals surface area contributed by atoms with Crippen molar-refractivity contribution in [2.75, 3.05) is 13.7 Å². The number of ether oxygens (including phenoxy) is 2. The van der Waals surface area contributed by atoms with Crippen molar-refractivity contribution in [3.8, 4) is 0 Å². The van der Waals surface area contributed by atoms with E-state index in [4.69, 9.17) is 14.5 Å². The molecule has 0 aliphatic carbocycles. The molecule has 122 valence electrons. The minimum Gasteiger partial charge on any atom is -0.466 e. The molecule has 1 fully saturated rings. The molecule has 1 rings (SSSR count). The lowest BCUT2D eigenvalue weighted by Gasteiger charge is -2.42. The molecule has 0 spiro atoms. The van der Waals surface area contributed by atoms with Gasteiger partial charge in [0.05, 0.1) is 13.7 Å². The van der Waals surface area contributed by atoms with Crippen molar-refractivity contribution >= 4 is 5.97 Å². The number of esters is 1. The van der Waals surface area contributed by atoms with Gasteiger partial charge >= 0.3 is 5.97 Å². The van der Waals surface area contributed by atoms with E-state index in [9.17, 15) is 4.79 Å². The lowest BCUT2D eigenvalue weighted by atomic mass is 10.0. The van der Waals surface area contributed by atoms with E-state index in [1.165, 1.54) is 13.2 Å². The lowest BCUT2D eigenvalue weighted by molar-refractivity contribution is -0.503. The predicted octanol–water partition coefficient (Wildman–Crippen LogP) is 3.53. The van der Waals surface area contributed by atoms with Crippen LogP contribution in [0.5, 0.6) is 0 Å². The van der Waals surface area contributed by atoms with Crippen LogP contribution >= 0.6 is 0 Å². The Labute approximate surface area is 127 Å². The second-order valence-corrected chi connectivity index (χ2v) is 5.74. The fraction of sp³-hybridized carbons (Fsp3) is 0.812. The maximum Gasteiger partial charge on any atom is 0.330 e. The maximum atomic E-state index is 11.2. The molecule has 0 N–H and O–H groups in total. The van der Waals surface area contributed by atoms with Gasteiger partial charge in [-0.05, 0) is 25.8 Å². The molecule has 0 aromatic carbocycles. The minimum absolute atomic E-state index is 0.355. The average Bonchev–Trinajstić information content (AvgIpc) is 2.51. The zero-order valence-electron chi connectivity index (χ0n) is 13.6. The van der Waals surface area contributed by atoms with Gasteiger partial charge in [0.1, 0.15) is 5.60 Å². The van der Waals surface area contributed by atoms with Crippen LogP contribution in [0, 0.1) is 0 Å². The molecule has 0 radical (unpaired) electrons. The van der Waals surface area contributed by atoms with Crippen molar-refractivity contribution < 1.29 is 24.0 Å². The van der Waals surface area contributed by atoms with Crippen molar-refractivity contribution in [2.45, 2.75) is 70.7 Å². The summed E-state index contributed by atoms with van der Waals surface area (Å²) in [6.45, 7) is 6.45. The molecule has 5 nitrogen and oxygen atoms in total. The molecule has 0 aromatic heterocycles. The van der Waals surface area contributed by atoms with Crippen LogP contribution in [0.25, 0.3) is 0 Å². The number of hydrogen-bond acceptors (Lipinski definition) is 5. The van der Waals surface area contributed by atoms with E-state index in [1.54, 1.807) is 6.08 Å². The highest BCUT2D eigenvalue weighted by Crippen LogP contribution is 2.35. The summed E-state index contributed by atoms with van der Waals surface area (Å²) in [6.07, 6.45) is 8.81. The van der Waals surface area contributed by atoms with Gasteiger partial charge in [-0.2, -0.15) is 0 Å². The summed E-state index contributed by atoms with van der Waals surface area (Å²) in [5.41, 5.74) is -0.768. The van der Waals surface area contributed by atoms with E-state index in [2.05, 4.69) is 18.6 Å². The van der Waals surface area contributed by atoms with Gasteiger partial charge in [-0.25, -0.2) is 14.6 Å². The molecule has 1 aliphatic rings. The zero-order chi connectivity index (χ0) is 15.8. The van der Waals surface area contributed by atoms with Gasteiger partial charge in [-0.1, -0.05) is 26.7 Å². The van der Waals surface area contributed by atoms with Gasteiger partial charge < -0.3 is 9.47 Å². The van der Waals surface area contributed by atoms with Crippen molar-refractivity contribution in [3.63, 3.8) is 0 Å². The summed E-state index contributed by atoms with van der Waals surface area (Å²) in [5.74, 6) is -1.07. The summed E-state index contributed by atoms with van der Waals surface area (Å²) >= 11 is 0. The number of carbonyl (C=O) groups excluding carboxylic acids is 1. The quantitative estimate of drug-likeness (QED) is 0.390. The number of hydrogen-bond donors (Lipinski definition) is 0. The van der Waals surface area contributed by atoms with Gasteiger partial charge in [0.25, 0.3) is 0 Å². The Bertz CT molecular complexity index is 333. The van der Waals surface area contributed by atoms with Crippen molar-refractivity contribution in [2.24, 2.45) is 0 Å². The summed E-state index contributed by atoms with van der Waals surface area (Å²) in [5, 5.41) is 0. The van der Waals surface area contributed by atoms with Crippen LogP contribution in [0.2, 0.25) is 0 Å². The fourth-order valence-corrected chi connectivity index (χ4v) is 2.13. The standard InChI is InChI=1S/C16H28O5/c1-5-7-10-16(11-8-6-2)19-13-15(3,20-21-16)12-9-14(17)18-4/h9,12H,5-8,10-11,13H2,1-4H3/b12-9+. The molecule has 0 amide bonds. The van der Waals surface area contributed by atoms with Gasteiger partial charge in [0.2, 0.25) is 5.79 Å². The Morgan fingerprint density at radius 2 is 1.81 bits per heavy atom. The Kier molecular flexibility index (Phi) is 7.35. The van der Waals surface area contributed by atoms with E-state index in [0.717, 1.165) is 38.5 Å². The molecule has 0 aromatic rings. The molecule has 5 heteroatoms. The third kappa shape index (κ3) is 5.77. The Morgan fingerprint density at radius 1 is 1.19 bits per heavy atom. The second kappa shape index (κ2) is 8.51. The Balaban J connectivity index is 2.63. The van der Waals surface area contributed by atoms with Crippen LogP contribution in [0.3, 0.4) is 0 Å². The van der Waals surface area contributed by atoms with E-state index in [1.807, 2.05) is 6.92 Å². The summed E-state index contributed by atoms with van der Waals surface area (Å²) in [4.78, 5) is 22.3. The minimum atomic E-state index is -0.768. The lowest BCUT2D eigenvalue weighted by Crippen LogP contribution is -2.50. The number of carbonyl (C=O) groups is 1. The first-order valence-corrected chi connectivity index (χ1v) is 7.77. The zero-order valence-corrected chi connectivity index (χ0v) is 13.6. The molecule has 0 saturated carbocycles. The molecule has 1 atom stereocenters. The third-order valence-corrected chi connectivity index (χ3v) is 3.60. The Hall–Kier alpha value is -0.910. The van der Waals surface area contributed by atoms with Crippen molar-refractivity contribution in [3.05, 3.63) is 12.2 Å². The first kappa shape index (κ1) is 18.1. The third-order valence-electron chi connectivity index (χ3n) is 3.60. The highest BCUT2D eigenvalue weighted by atomic mass is 17.2. The number of methoxy groups -OCH3 is 1. The van der Waals surface area contributed by atoms with Crippen LogP contribution in [0.4, 0.5) is 0 Å².